The van der Waals surface area contributed by atoms with Gasteiger partial charge in [-0.05, 0) is 30.9 Å². The van der Waals surface area contributed by atoms with Gasteiger partial charge in [0.25, 0.3) is 0 Å². The van der Waals surface area contributed by atoms with E-state index >= 15 is 0 Å². The summed E-state index contributed by atoms with van der Waals surface area (Å²) in [7, 11) is 0. The molecule has 0 atom stereocenters. The van der Waals surface area contributed by atoms with Gasteiger partial charge in [0, 0.05) is 11.5 Å². The Morgan fingerprint density at radius 3 is 2.55 bits per heavy atom. The van der Waals surface area contributed by atoms with Crippen molar-refractivity contribution < 1.29 is 13.6 Å². The largest absolute Gasteiger partial charge is 0.323 e. The lowest BCUT2D eigenvalue weighted by molar-refractivity contribution is -0.124. The smallest absolute Gasteiger partial charge is 0.230 e. The lowest BCUT2D eigenvalue weighted by Gasteiger charge is -2.28. The van der Waals surface area contributed by atoms with Gasteiger partial charge >= 0.3 is 0 Å². The first-order chi connectivity index (χ1) is 10.4. The molecule has 0 saturated heterocycles. The van der Waals surface area contributed by atoms with Crippen LogP contribution in [0, 0.1) is 23.0 Å². The maximum Gasteiger partial charge on any atom is 0.230 e. The molecule has 2 rings (SSSR count). The second kappa shape index (κ2) is 7.21. The number of carbonyl (C=O) groups is 1. The second-order valence-electron chi connectivity index (χ2n) is 7.00. The summed E-state index contributed by atoms with van der Waals surface area (Å²) in [6.07, 6.45) is 8.23. The Bertz CT molecular complexity index is 522. The van der Waals surface area contributed by atoms with Crippen molar-refractivity contribution in [1.29, 1.82) is 0 Å². The summed E-state index contributed by atoms with van der Waals surface area (Å²) in [6, 6.07) is 3.19. The van der Waals surface area contributed by atoms with Crippen molar-refractivity contribution >= 4 is 11.6 Å². The SMILES string of the molecule is CC(C)(CCC1CCCCC1)C(=O)Nc1ccc(F)cc1F. The zero-order chi connectivity index (χ0) is 16.2. The van der Waals surface area contributed by atoms with E-state index in [9.17, 15) is 13.6 Å². The number of amides is 1. The number of anilines is 1. The Morgan fingerprint density at radius 1 is 1.23 bits per heavy atom. The first-order valence-electron chi connectivity index (χ1n) is 8.15. The molecule has 0 spiro atoms. The highest BCUT2D eigenvalue weighted by Gasteiger charge is 2.29. The molecule has 1 aliphatic rings. The molecule has 0 unspecified atom stereocenters. The molecule has 0 aliphatic heterocycles. The third kappa shape index (κ3) is 4.52. The van der Waals surface area contributed by atoms with Crippen LogP contribution < -0.4 is 5.32 Å². The Morgan fingerprint density at radius 2 is 1.91 bits per heavy atom. The molecule has 122 valence electrons. The van der Waals surface area contributed by atoms with E-state index < -0.39 is 17.0 Å². The fourth-order valence-corrected chi connectivity index (χ4v) is 3.04. The molecule has 4 heteroatoms. The predicted octanol–water partition coefficient (Wildman–Crippen LogP) is 5.29. The zero-order valence-corrected chi connectivity index (χ0v) is 13.4. The van der Waals surface area contributed by atoms with E-state index in [1.807, 2.05) is 13.8 Å². The molecule has 1 aromatic carbocycles. The minimum atomic E-state index is -0.739. The number of hydrogen-bond donors (Lipinski definition) is 1. The number of benzene rings is 1. The van der Waals surface area contributed by atoms with Crippen LogP contribution in [0.3, 0.4) is 0 Å². The molecule has 2 nitrogen and oxygen atoms in total. The van der Waals surface area contributed by atoms with Gasteiger partial charge < -0.3 is 5.32 Å². The van der Waals surface area contributed by atoms with Crippen molar-refractivity contribution in [1.82, 2.24) is 0 Å². The minimum absolute atomic E-state index is 0.0390. The summed E-state index contributed by atoms with van der Waals surface area (Å²) in [5, 5.41) is 2.58. The topological polar surface area (TPSA) is 29.1 Å². The predicted molar refractivity (Wildman–Crippen MR) is 84.6 cm³/mol. The number of rotatable bonds is 5. The van der Waals surface area contributed by atoms with Crippen molar-refractivity contribution in [3.63, 3.8) is 0 Å². The normalized spacial score (nSPS) is 16.5. The molecule has 1 aliphatic carbocycles. The van der Waals surface area contributed by atoms with Gasteiger partial charge in [-0.25, -0.2) is 8.78 Å². The maximum atomic E-state index is 13.6. The van der Waals surface area contributed by atoms with E-state index in [1.54, 1.807) is 0 Å². The molecule has 1 fully saturated rings. The van der Waals surface area contributed by atoms with Crippen molar-refractivity contribution in [2.24, 2.45) is 11.3 Å². The number of nitrogens with one attached hydrogen (secondary N) is 1. The zero-order valence-electron chi connectivity index (χ0n) is 13.4. The van der Waals surface area contributed by atoms with Gasteiger partial charge in [-0.3, -0.25) is 4.79 Å². The third-order valence-electron chi connectivity index (χ3n) is 4.70. The van der Waals surface area contributed by atoms with Crippen LogP contribution in [0.25, 0.3) is 0 Å². The molecule has 1 amide bonds. The fourth-order valence-electron chi connectivity index (χ4n) is 3.04. The molecule has 0 heterocycles. The quantitative estimate of drug-likeness (QED) is 0.786. The number of hydrogen-bond acceptors (Lipinski definition) is 1. The van der Waals surface area contributed by atoms with E-state index in [2.05, 4.69) is 5.32 Å². The lowest BCUT2D eigenvalue weighted by atomic mass is 9.79. The average molecular weight is 309 g/mol. The van der Waals surface area contributed by atoms with E-state index in [4.69, 9.17) is 0 Å². The van der Waals surface area contributed by atoms with Crippen LogP contribution in [0.1, 0.15) is 58.8 Å². The monoisotopic (exact) mass is 309 g/mol. The summed E-state index contributed by atoms with van der Waals surface area (Å²) >= 11 is 0. The van der Waals surface area contributed by atoms with Crippen LogP contribution in [0.15, 0.2) is 18.2 Å². The van der Waals surface area contributed by atoms with Crippen LogP contribution in [0.2, 0.25) is 0 Å². The standard InChI is InChI=1S/C18H25F2NO/c1-18(2,11-10-13-6-4-3-5-7-13)17(22)21-16-9-8-14(19)12-15(16)20/h8-9,12-13H,3-7,10-11H2,1-2H3,(H,21,22). The van der Waals surface area contributed by atoms with Crippen LogP contribution in [0.4, 0.5) is 14.5 Å². The first-order valence-corrected chi connectivity index (χ1v) is 8.15. The summed E-state index contributed by atoms with van der Waals surface area (Å²) in [4.78, 5) is 12.4. The highest BCUT2D eigenvalue weighted by molar-refractivity contribution is 5.94. The van der Waals surface area contributed by atoms with Crippen molar-refractivity contribution in [2.75, 3.05) is 5.32 Å². The molecule has 22 heavy (non-hydrogen) atoms. The van der Waals surface area contributed by atoms with Crippen LogP contribution in [-0.4, -0.2) is 5.91 Å². The number of halogens is 2. The van der Waals surface area contributed by atoms with Gasteiger partial charge in [0.1, 0.15) is 11.6 Å². The molecular weight excluding hydrogens is 284 g/mol. The molecule has 0 radical (unpaired) electrons. The van der Waals surface area contributed by atoms with Crippen molar-refractivity contribution in [3.8, 4) is 0 Å². The lowest BCUT2D eigenvalue weighted by Crippen LogP contribution is -2.31. The molecular formula is C18H25F2NO. The fraction of sp³-hybridized carbons (Fsp3) is 0.611. The van der Waals surface area contributed by atoms with Gasteiger partial charge in [0.15, 0.2) is 0 Å². The highest BCUT2D eigenvalue weighted by atomic mass is 19.1. The van der Waals surface area contributed by atoms with Crippen LogP contribution in [-0.2, 0) is 4.79 Å². The van der Waals surface area contributed by atoms with E-state index in [0.717, 1.165) is 25.0 Å². The third-order valence-corrected chi connectivity index (χ3v) is 4.70. The van der Waals surface area contributed by atoms with Gasteiger partial charge in [-0.1, -0.05) is 46.0 Å². The van der Waals surface area contributed by atoms with Gasteiger partial charge in [-0.2, -0.15) is 0 Å². The second-order valence-corrected chi connectivity index (χ2v) is 7.00. The molecule has 0 bridgehead atoms. The molecule has 0 aromatic heterocycles. The van der Waals surface area contributed by atoms with Gasteiger partial charge in [0.2, 0.25) is 5.91 Å². The molecule has 1 aromatic rings. The minimum Gasteiger partial charge on any atom is -0.323 e. The molecule has 1 N–H and O–H groups in total. The van der Waals surface area contributed by atoms with E-state index in [0.29, 0.717) is 5.92 Å². The van der Waals surface area contributed by atoms with Crippen LogP contribution >= 0.6 is 0 Å². The van der Waals surface area contributed by atoms with Crippen molar-refractivity contribution in [2.45, 2.75) is 58.8 Å². The van der Waals surface area contributed by atoms with Gasteiger partial charge in [0.05, 0.1) is 5.69 Å². The highest BCUT2D eigenvalue weighted by Crippen LogP contribution is 2.33. The number of carbonyl (C=O) groups excluding carboxylic acids is 1. The van der Waals surface area contributed by atoms with E-state index in [-0.39, 0.29) is 11.6 Å². The first kappa shape index (κ1) is 16.9. The van der Waals surface area contributed by atoms with Crippen LogP contribution in [0.5, 0.6) is 0 Å². The van der Waals surface area contributed by atoms with Crippen molar-refractivity contribution in [3.05, 3.63) is 29.8 Å². The summed E-state index contributed by atoms with van der Waals surface area (Å²) in [5.41, 5.74) is -0.518. The Labute approximate surface area is 131 Å². The summed E-state index contributed by atoms with van der Waals surface area (Å²) in [6.45, 7) is 3.76. The maximum absolute atomic E-state index is 13.6. The molecule has 1 saturated carbocycles. The summed E-state index contributed by atoms with van der Waals surface area (Å²) in [5.74, 6) is -0.888. The van der Waals surface area contributed by atoms with Gasteiger partial charge in [-0.15, -0.1) is 0 Å². The Kier molecular flexibility index (Phi) is 5.54. The average Bonchev–Trinajstić information content (AvgIpc) is 2.49. The Hall–Kier alpha value is -1.45. The van der Waals surface area contributed by atoms with E-state index in [1.165, 1.54) is 38.2 Å². The summed E-state index contributed by atoms with van der Waals surface area (Å²) < 4.78 is 26.5. The Balaban J connectivity index is 1.91.